The first-order chi connectivity index (χ1) is 8.31. The van der Waals surface area contributed by atoms with Crippen molar-refractivity contribution in [2.45, 2.75) is 65.0 Å². The Hall–Kier alpha value is -1.06. The molecule has 0 spiro atoms. The lowest BCUT2D eigenvalue weighted by Crippen LogP contribution is -2.44. The lowest BCUT2D eigenvalue weighted by Gasteiger charge is -2.30. The smallest absolute Gasteiger partial charge is 0.408 e. The van der Waals surface area contributed by atoms with E-state index >= 15 is 0 Å². The molecule has 18 heavy (non-hydrogen) atoms. The molecule has 1 aliphatic rings. The van der Waals surface area contributed by atoms with Crippen molar-refractivity contribution in [2.24, 2.45) is 11.8 Å². The van der Waals surface area contributed by atoms with Gasteiger partial charge in [-0.1, -0.05) is 19.8 Å². The van der Waals surface area contributed by atoms with Crippen LogP contribution in [0.1, 0.15) is 53.4 Å². The lowest BCUT2D eigenvalue weighted by molar-refractivity contribution is -0.111. The normalized spacial score (nSPS) is 26.2. The van der Waals surface area contributed by atoms with Gasteiger partial charge < -0.3 is 14.8 Å². The Kier molecular flexibility index (Phi) is 5.17. The van der Waals surface area contributed by atoms with Crippen molar-refractivity contribution >= 4 is 12.4 Å². The first kappa shape index (κ1) is 15.0. The van der Waals surface area contributed by atoms with Gasteiger partial charge in [0.05, 0.1) is 6.04 Å². The number of amides is 1. The molecule has 0 bridgehead atoms. The highest BCUT2D eigenvalue weighted by Gasteiger charge is 2.28. The number of ether oxygens (including phenoxy) is 1. The minimum absolute atomic E-state index is 0.256. The number of nitrogens with one attached hydrogen (secondary N) is 1. The van der Waals surface area contributed by atoms with E-state index < -0.39 is 17.7 Å². The van der Waals surface area contributed by atoms with Crippen molar-refractivity contribution in [2.75, 3.05) is 0 Å². The van der Waals surface area contributed by atoms with Crippen LogP contribution in [-0.2, 0) is 9.53 Å². The summed E-state index contributed by atoms with van der Waals surface area (Å²) in [5.41, 5.74) is -0.529. The zero-order chi connectivity index (χ0) is 13.8. The van der Waals surface area contributed by atoms with Gasteiger partial charge in [-0.15, -0.1) is 0 Å². The third kappa shape index (κ3) is 5.07. The Bertz CT molecular complexity index is 288. The Morgan fingerprint density at radius 2 is 1.83 bits per heavy atom. The molecule has 0 saturated heterocycles. The average Bonchev–Trinajstić information content (AvgIpc) is 2.25. The third-order valence-corrected chi connectivity index (χ3v) is 3.40. The minimum Gasteiger partial charge on any atom is -0.444 e. The number of hydrogen-bond donors (Lipinski definition) is 1. The van der Waals surface area contributed by atoms with Crippen LogP contribution in [0.4, 0.5) is 4.79 Å². The summed E-state index contributed by atoms with van der Waals surface area (Å²) in [5, 5.41) is 2.68. The van der Waals surface area contributed by atoms with E-state index in [1.807, 2.05) is 20.8 Å². The van der Waals surface area contributed by atoms with Crippen molar-refractivity contribution in [3.05, 3.63) is 0 Å². The van der Waals surface area contributed by atoms with Crippen molar-refractivity contribution in [1.82, 2.24) is 5.32 Å². The van der Waals surface area contributed by atoms with E-state index in [9.17, 15) is 9.59 Å². The monoisotopic (exact) mass is 255 g/mol. The molecule has 1 atom stereocenters. The molecular formula is C14H25NO3. The first-order valence-electron chi connectivity index (χ1n) is 6.76. The van der Waals surface area contributed by atoms with Crippen LogP contribution < -0.4 is 5.32 Å². The van der Waals surface area contributed by atoms with E-state index in [-0.39, 0.29) is 5.92 Å². The molecule has 4 heteroatoms. The highest BCUT2D eigenvalue weighted by Crippen LogP contribution is 2.30. The predicted octanol–water partition coefficient (Wildman–Crippen LogP) is 2.90. The van der Waals surface area contributed by atoms with Gasteiger partial charge in [-0.3, -0.25) is 0 Å². The van der Waals surface area contributed by atoms with Gasteiger partial charge >= 0.3 is 6.09 Å². The molecule has 0 aromatic carbocycles. The number of carbonyl (C=O) groups is 2. The molecule has 0 aliphatic heterocycles. The molecule has 4 nitrogen and oxygen atoms in total. The molecule has 104 valence electrons. The van der Waals surface area contributed by atoms with Gasteiger partial charge in [0.1, 0.15) is 11.9 Å². The Morgan fingerprint density at radius 1 is 1.28 bits per heavy atom. The van der Waals surface area contributed by atoms with Crippen LogP contribution in [0.3, 0.4) is 0 Å². The quantitative estimate of drug-likeness (QED) is 0.789. The first-order valence-corrected chi connectivity index (χ1v) is 6.76. The number of alkyl carbamates (subject to hydrolysis) is 1. The van der Waals surface area contributed by atoms with Crippen LogP contribution in [0.5, 0.6) is 0 Å². The molecule has 1 fully saturated rings. The topological polar surface area (TPSA) is 55.4 Å². The lowest BCUT2D eigenvalue weighted by atomic mass is 9.79. The fourth-order valence-electron chi connectivity index (χ4n) is 2.35. The van der Waals surface area contributed by atoms with Gasteiger partial charge in [0.15, 0.2) is 0 Å². The van der Waals surface area contributed by atoms with E-state index in [4.69, 9.17) is 4.74 Å². The second-order valence-corrected chi connectivity index (χ2v) is 6.33. The van der Waals surface area contributed by atoms with Gasteiger partial charge in [-0.25, -0.2) is 4.79 Å². The maximum Gasteiger partial charge on any atom is 0.408 e. The fourth-order valence-corrected chi connectivity index (χ4v) is 2.35. The Balaban J connectivity index is 2.46. The van der Waals surface area contributed by atoms with Crippen LogP contribution in [0.2, 0.25) is 0 Å². The van der Waals surface area contributed by atoms with E-state index in [0.717, 1.165) is 37.9 Å². The van der Waals surface area contributed by atoms with E-state index in [0.29, 0.717) is 0 Å². The largest absolute Gasteiger partial charge is 0.444 e. The number of carbonyl (C=O) groups excluding carboxylic acids is 2. The summed E-state index contributed by atoms with van der Waals surface area (Å²) < 4.78 is 5.17. The third-order valence-electron chi connectivity index (χ3n) is 3.40. The van der Waals surface area contributed by atoms with Crippen molar-refractivity contribution in [3.63, 3.8) is 0 Å². The van der Waals surface area contributed by atoms with Gasteiger partial charge in [-0.2, -0.15) is 0 Å². The molecule has 1 unspecified atom stereocenters. The van der Waals surface area contributed by atoms with Gasteiger partial charge in [0, 0.05) is 0 Å². The second-order valence-electron chi connectivity index (χ2n) is 6.33. The summed E-state index contributed by atoms with van der Waals surface area (Å²) in [4.78, 5) is 22.8. The van der Waals surface area contributed by atoms with Crippen LogP contribution >= 0.6 is 0 Å². The summed E-state index contributed by atoms with van der Waals surface area (Å²) in [7, 11) is 0. The highest BCUT2D eigenvalue weighted by atomic mass is 16.6. The summed E-state index contributed by atoms with van der Waals surface area (Å²) >= 11 is 0. The molecule has 1 rings (SSSR count). The number of hydrogen-bond acceptors (Lipinski definition) is 3. The molecule has 0 radical (unpaired) electrons. The molecule has 1 amide bonds. The molecule has 0 aromatic heterocycles. The SMILES string of the molecule is CC1CCC(C(C=O)NC(=O)OC(C)(C)C)CC1. The number of rotatable bonds is 3. The van der Waals surface area contributed by atoms with E-state index in [1.54, 1.807) is 0 Å². The zero-order valence-corrected chi connectivity index (χ0v) is 11.9. The summed E-state index contributed by atoms with van der Waals surface area (Å²) in [6.45, 7) is 7.66. The average molecular weight is 255 g/mol. The predicted molar refractivity (Wildman–Crippen MR) is 70.3 cm³/mol. The fraction of sp³-hybridized carbons (Fsp3) is 0.857. The highest BCUT2D eigenvalue weighted by molar-refractivity contribution is 5.73. The number of aldehydes is 1. The van der Waals surface area contributed by atoms with Crippen LogP contribution in [0, 0.1) is 11.8 Å². The minimum atomic E-state index is -0.529. The summed E-state index contributed by atoms with van der Waals surface area (Å²) in [6.07, 6.45) is 4.60. The van der Waals surface area contributed by atoms with Crippen LogP contribution in [0.25, 0.3) is 0 Å². The van der Waals surface area contributed by atoms with Crippen molar-refractivity contribution in [3.8, 4) is 0 Å². The molecule has 1 saturated carbocycles. The van der Waals surface area contributed by atoms with Gasteiger partial charge in [0.25, 0.3) is 0 Å². The van der Waals surface area contributed by atoms with Crippen LogP contribution in [-0.4, -0.2) is 24.0 Å². The Morgan fingerprint density at radius 3 is 2.28 bits per heavy atom. The van der Waals surface area contributed by atoms with Crippen LogP contribution in [0.15, 0.2) is 0 Å². The van der Waals surface area contributed by atoms with Crippen molar-refractivity contribution < 1.29 is 14.3 Å². The standard InChI is InChI=1S/C14H25NO3/c1-10-5-7-11(8-6-10)12(9-16)15-13(17)18-14(2,3)4/h9-12H,5-8H2,1-4H3,(H,15,17). The van der Waals surface area contributed by atoms with Crippen molar-refractivity contribution in [1.29, 1.82) is 0 Å². The van der Waals surface area contributed by atoms with E-state index in [2.05, 4.69) is 12.2 Å². The molecular weight excluding hydrogens is 230 g/mol. The molecule has 1 aliphatic carbocycles. The Labute approximate surface area is 109 Å². The summed E-state index contributed by atoms with van der Waals surface area (Å²) in [5.74, 6) is 0.987. The van der Waals surface area contributed by atoms with Gasteiger partial charge in [0.2, 0.25) is 0 Å². The summed E-state index contributed by atoms with van der Waals surface area (Å²) in [6, 6.07) is -0.410. The zero-order valence-electron chi connectivity index (χ0n) is 11.9. The second kappa shape index (κ2) is 6.21. The molecule has 1 N–H and O–H groups in total. The van der Waals surface area contributed by atoms with E-state index in [1.165, 1.54) is 0 Å². The maximum absolute atomic E-state index is 11.6. The maximum atomic E-state index is 11.6. The van der Waals surface area contributed by atoms with Gasteiger partial charge in [-0.05, 0) is 45.4 Å². The molecule has 0 aromatic rings. The molecule has 0 heterocycles.